The van der Waals surface area contributed by atoms with Crippen molar-refractivity contribution in [2.75, 3.05) is 33.2 Å². The van der Waals surface area contributed by atoms with Crippen molar-refractivity contribution in [2.24, 2.45) is 0 Å². The fraction of sp³-hybridized carbons (Fsp3) is 0.440. The van der Waals surface area contributed by atoms with E-state index in [0.717, 1.165) is 15.2 Å². The Morgan fingerprint density at radius 3 is 2.57 bits per heavy atom. The Bertz CT molecular complexity index is 1020. The summed E-state index contributed by atoms with van der Waals surface area (Å²) >= 11 is 2.22. The van der Waals surface area contributed by atoms with Gasteiger partial charge in [0.05, 0.1) is 25.2 Å². The monoisotopic (exact) mass is 600 g/mol. The Morgan fingerprint density at radius 2 is 1.91 bits per heavy atom. The normalized spacial score (nSPS) is 18.4. The van der Waals surface area contributed by atoms with Gasteiger partial charge in [-0.1, -0.05) is 12.1 Å². The predicted molar refractivity (Wildman–Crippen MR) is 138 cm³/mol. The van der Waals surface area contributed by atoms with Gasteiger partial charge in [-0.15, -0.1) is 0 Å². The second-order valence-electron chi connectivity index (χ2n) is 9.01. The van der Waals surface area contributed by atoms with Crippen molar-refractivity contribution in [3.05, 3.63) is 68.8 Å². The highest BCUT2D eigenvalue weighted by atomic mass is 127. The molecule has 190 valence electrons. The molecular weight excluding hydrogens is 569 g/mol. The molecule has 0 aromatic heterocycles. The van der Waals surface area contributed by atoms with Gasteiger partial charge in [-0.25, -0.2) is 8.78 Å². The number of likely N-dealkylation sites (N-methyl/N-ethyl adjacent to an activating group) is 1. The van der Waals surface area contributed by atoms with Crippen LogP contribution in [0.4, 0.5) is 8.78 Å². The minimum Gasteiger partial charge on any atom is -0.390 e. The molecule has 2 aromatic rings. The third kappa shape index (κ3) is 8.48. The quantitative estimate of drug-likeness (QED) is 0.363. The summed E-state index contributed by atoms with van der Waals surface area (Å²) in [6.45, 7) is 3.26. The van der Waals surface area contributed by atoms with Crippen LogP contribution in [0, 0.1) is 15.2 Å². The first-order chi connectivity index (χ1) is 16.6. The van der Waals surface area contributed by atoms with E-state index in [2.05, 4.69) is 33.2 Å². The zero-order valence-corrected chi connectivity index (χ0v) is 22.0. The molecule has 3 N–H and O–H groups in total. The summed E-state index contributed by atoms with van der Waals surface area (Å²) in [5.41, 5.74) is 1.37. The number of nitrogens with one attached hydrogen (secondary N) is 2. The molecule has 0 unspecified atom stereocenters. The molecule has 3 atom stereocenters. The number of hydrogen-bond donors (Lipinski definition) is 3. The van der Waals surface area contributed by atoms with Crippen molar-refractivity contribution in [1.29, 1.82) is 0 Å². The van der Waals surface area contributed by atoms with Gasteiger partial charge in [-0.2, -0.15) is 0 Å². The number of aliphatic hydroxyl groups is 1. The number of rotatable bonds is 10. The van der Waals surface area contributed by atoms with Crippen molar-refractivity contribution in [1.82, 2.24) is 20.4 Å². The van der Waals surface area contributed by atoms with E-state index in [1.54, 1.807) is 16.8 Å². The van der Waals surface area contributed by atoms with Crippen LogP contribution in [0.2, 0.25) is 0 Å². The summed E-state index contributed by atoms with van der Waals surface area (Å²) in [6, 6.07) is 10.3. The third-order valence-electron chi connectivity index (χ3n) is 6.06. The molecule has 10 heteroatoms. The maximum Gasteiger partial charge on any atom is 0.236 e. The lowest BCUT2D eigenvalue weighted by Crippen LogP contribution is -2.57. The van der Waals surface area contributed by atoms with Crippen molar-refractivity contribution >= 4 is 34.4 Å². The van der Waals surface area contributed by atoms with Gasteiger partial charge in [0.15, 0.2) is 0 Å². The van der Waals surface area contributed by atoms with Crippen molar-refractivity contribution in [3.63, 3.8) is 0 Å². The fourth-order valence-corrected chi connectivity index (χ4v) is 4.71. The molecule has 0 bridgehead atoms. The van der Waals surface area contributed by atoms with Crippen LogP contribution < -0.4 is 10.6 Å². The average Bonchev–Trinajstić information content (AvgIpc) is 2.76. The van der Waals surface area contributed by atoms with Gasteiger partial charge >= 0.3 is 0 Å². The first kappa shape index (κ1) is 27.4. The van der Waals surface area contributed by atoms with E-state index in [1.807, 2.05) is 31.2 Å². The van der Waals surface area contributed by atoms with Gasteiger partial charge in [0, 0.05) is 42.4 Å². The van der Waals surface area contributed by atoms with E-state index in [1.165, 1.54) is 12.1 Å². The predicted octanol–water partition coefficient (Wildman–Crippen LogP) is 1.91. The molecule has 7 nitrogen and oxygen atoms in total. The van der Waals surface area contributed by atoms with E-state index >= 15 is 0 Å². The molecule has 0 aliphatic carbocycles. The summed E-state index contributed by atoms with van der Waals surface area (Å²) in [6.07, 6.45) is -0.967. The average molecular weight is 600 g/mol. The molecule has 3 rings (SSSR count). The Labute approximate surface area is 218 Å². The van der Waals surface area contributed by atoms with Gasteiger partial charge in [-0.3, -0.25) is 14.5 Å². The minimum atomic E-state index is -1.01. The van der Waals surface area contributed by atoms with Crippen LogP contribution in [-0.4, -0.2) is 78.1 Å². The summed E-state index contributed by atoms with van der Waals surface area (Å²) in [4.78, 5) is 28.3. The largest absolute Gasteiger partial charge is 0.390 e. The number of hydrogen-bond acceptors (Lipinski definition) is 5. The molecule has 0 radical (unpaired) electrons. The first-order valence-corrected chi connectivity index (χ1v) is 12.5. The van der Waals surface area contributed by atoms with E-state index in [0.29, 0.717) is 18.7 Å². The summed E-state index contributed by atoms with van der Waals surface area (Å²) in [5.74, 6) is -1.88. The van der Waals surface area contributed by atoms with Crippen LogP contribution in [0.25, 0.3) is 0 Å². The number of amides is 2. The molecular formula is C25H31F2IN4O3. The van der Waals surface area contributed by atoms with Crippen LogP contribution in [0.15, 0.2) is 42.5 Å². The van der Waals surface area contributed by atoms with Gasteiger partial charge in [0.1, 0.15) is 11.6 Å². The van der Waals surface area contributed by atoms with Crippen LogP contribution in [-0.2, 0) is 22.6 Å². The Kier molecular flexibility index (Phi) is 9.96. The number of nitrogens with zero attached hydrogens (tertiary/aromatic N) is 2. The van der Waals surface area contributed by atoms with Gasteiger partial charge in [0.2, 0.25) is 11.8 Å². The smallest absolute Gasteiger partial charge is 0.236 e. The topological polar surface area (TPSA) is 84.9 Å². The number of piperazine rings is 1. The number of carbonyl (C=O) groups is 2. The Balaban J connectivity index is 1.64. The summed E-state index contributed by atoms with van der Waals surface area (Å²) < 4.78 is 28.6. The third-order valence-corrected chi connectivity index (χ3v) is 6.73. The second-order valence-corrected chi connectivity index (χ2v) is 10.3. The molecule has 2 aromatic carbocycles. The molecule has 1 fully saturated rings. The van der Waals surface area contributed by atoms with E-state index < -0.39 is 23.8 Å². The number of carbonyl (C=O) groups excluding carboxylic acids is 2. The highest BCUT2D eigenvalue weighted by Crippen LogP contribution is 2.13. The van der Waals surface area contributed by atoms with Crippen LogP contribution in [0.1, 0.15) is 18.1 Å². The summed E-state index contributed by atoms with van der Waals surface area (Å²) in [5, 5.41) is 16.9. The zero-order valence-electron chi connectivity index (χ0n) is 19.8. The Morgan fingerprint density at radius 1 is 1.20 bits per heavy atom. The lowest BCUT2D eigenvalue weighted by Gasteiger charge is -2.37. The lowest BCUT2D eigenvalue weighted by atomic mass is 10.0. The second kappa shape index (κ2) is 12.7. The molecule has 0 spiro atoms. The zero-order chi connectivity index (χ0) is 25.5. The molecule has 2 amide bonds. The van der Waals surface area contributed by atoms with Gasteiger partial charge < -0.3 is 20.6 Å². The van der Waals surface area contributed by atoms with Crippen molar-refractivity contribution in [2.45, 2.75) is 38.1 Å². The minimum absolute atomic E-state index is 0.0134. The summed E-state index contributed by atoms with van der Waals surface area (Å²) in [7, 11) is 1.73. The number of halogens is 3. The SMILES string of the molecule is C[C@@H]1CN(CC(=O)N[C@@H](Cc2cc(F)cc(F)c2)[C@@H](O)CNCc2cccc(I)c2)CC(=O)N1C. The fourth-order valence-electron chi connectivity index (χ4n) is 4.10. The van der Waals surface area contributed by atoms with Crippen LogP contribution >= 0.6 is 22.6 Å². The first-order valence-electron chi connectivity index (χ1n) is 11.5. The Hall–Kier alpha value is -2.15. The number of aliphatic hydroxyl groups excluding tert-OH is 1. The highest BCUT2D eigenvalue weighted by molar-refractivity contribution is 14.1. The lowest BCUT2D eigenvalue weighted by molar-refractivity contribution is -0.138. The van der Waals surface area contributed by atoms with Crippen LogP contribution in [0.3, 0.4) is 0 Å². The standard InChI is InChI=1S/C25H31F2IN4O3/c1-16-13-32(15-25(35)31(16)2)14-24(34)30-22(9-18-6-19(26)10-20(27)7-18)23(33)12-29-11-17-4-3-5-21(28)8-17/h3-8,10,16,22-23,29,33H,9,11-15H2,1-2H3,(H,30,34)/t16-,22+,23+/m1/s1. The van der Waals surface area contributed by atoms with E-state index in [9.17, 15) is 23.5 Å². The molecule has 1 heterocycles. The molecule has 1 aliphatic rings. The molecule has 1 aliphatic heterocycles. The van der Waals surface area contributed by atoms with Crippen LogP contribution in [0.5, 0.6) is 0 Å². The number of benzene rings is 2. The maximum atomic E-state index is 13.7. The molecule has 1 saturated heterocycles. The van der Waals surface area contributed by atoms with Crippen molar-refractivity contribution in [3.8, 4) is 0 Å². The van der Waals surface area contributed by atoms with Gasteiger partial charge in [0.25, 0.3) is 0 Å². The maximum absolute atomic E-state index is 13.7. The highest BCUT2D eigenvalue weighted by Gasteiger charge is 2.29. The van der Waals surface area contributed by atoms with Gasteiger partial charge in [-0.05, 0) is 71.3 Å². The van der Waals surface area contributed by atoms with Crippen molar-refractivity contribution < 1.29 is 23.5 Å². The van der Waals surface area contributed by atoms with E-state index in [4.69, 9.17) is 0 Å². The molecule has 0 saturated carbocycles. The molecule has 35 heavy (non-hydrogen) atoms. The van der Waals surface area contributed by atoms with E-state index in [-0.39, 0.29) is 43.9 Å².